The smallest absolute Gasteiger partial charge is 0.412 e. The number of fused-ring (bicyclic) bond motifs is 1. The van der Waals surface area contributed by atoms with E-state index in [0.717, 1.165) is 17.4 Å². The van der Waals surface area contributed by atoms with E-state index >= 15 is 0 Å². The molecule has 0 aliphatic carbocycles. The second kappa shape index (κ2) is 11.5. The molecule has 4 rings (SSSR count). The van der Waals surface area contributed by atoms with E-state index in [1.54, 1.807) is 18.3 Å². The van der Waals surface area contributed by atoms with E-state index in [0.29, 0.717) is 37.1 Å². The molecule has 1 heterocycles. The maximum Gasteiger partial charge on any atom is 0.412 e. The molecule has 0 aliphatic rings. The van der Waals surface area contributed by atoms with Gasteiger partial charge in [-0.1, -0.05) is 44.2 Å². The number of hydrogen-bond acceptors (Lipinski definition) is 5. The number of nitrogens with one attached hydrogen (secondary N) is 2. The number of amides is 1. The number of ether oxygens (including phenoxy) is 2. The Morgan fingerprint density at radius 1 is 1.03 bits per heavy atom. The van der Waals surface area contributed by atoms with Crippen LogP contribution in [0.2, 0.25) is 0 Å². The molecule has 1 amide bonds. The first kappa shape index (κ1) is 24.2. The summed E-state index contributed by atoms with van der Waals surface area (Å²) in [6, 6.07) is 19.2. The van der Waals surface area contributed by atoms with E-state index in [9.17, 15) is 9.18 Å². The highest BCUT2D eigenvalue weighted by atomic mass is 19.1. The minimum Gasteiger partial charge on any atom is -0.453 e. The fraction of sp³-hybridized carbons (Fsp3) is 0.259. The zero-order valence-corrected chi connectivity index (χ0v) is 19.8. The highest BCUT2D eigenvalue weighted by Gasteiger charge is 2.16. The van der Waals surface area contributed by atoms with Gasteiger partial charge in [-0.3, -0.25) is 4.68 Å². The Morgan fingerprint density at radius 2 is 1.80 bits per heavy atom. The normalized spacial score (nSPS) is 11.1. The maximum atomic E-state index is 13.3. The third kappa shape index (κ3) is 6.80. The molecule has 8 heteroatoms. The van der Waals surface area contributed by atoms with Gasteiger partial charge in [0.2, 0.25) is 0 Å². The molecule has 0 saturated heterocycles. The van der Waals surface area contributed by atoms with Crippen LogP contribution in [0, 0.1) is 11.7 Å². The Kier molecular flexibility index (Phi) is 7.95. The van der Waals surface area contributed by atoms with Gasteiger partial charge >= 0.3 is 6.09 Å². The van der Waals surface area contributed by atoms with Crippen molar-refractivity contribution in [1.29, 1.82) is 0 Å². The summed E-state index contributed by atoms with van der Waals surface area (Å²) in [5.74, 6) is 1.05. The summed E-state index contributed by atoms with van der Waals surface area (Å²) in [5.41, 5.74) is 2.00. The molecule has 182 valence electrons. The monoisotopic (exact) mass is 476 g/mol. The average molecular weight is 477 g/mol. The van der Waals surface area contributed by atoms with Crippen LogP contribution >= 0.6 is 0 Å². The third-order valence-corrected chi connectivity index (χ3v) is 5.23. The summed E-state index contributed by atoms with van der Waals surface area (Å²) >= 11 is 0. The molecule has 4 aromatic rings. The van der Waals surface area contributed by atoms with E-state index < -0.39 is 6.09 Å². The van der Waals surface area contributed by atoms with Gasteiger partial charge in [0.05, 0.1) is 11.7 Å². The lowest BCUT2D eigenvalue weighted by atomic mass is 10.2. The van der Waals surface area contributed by atoms with Crippen LogP contribution in [0.4, 0.5) is 9.18 Å². The van der Waals surface area contributed by atoms with Crippen LogP contribution in [-0.4, -0.2) is 29.0 Å². The molecule has 0 fully saturated rings. The topological polar surface area (TPSA) is 77.4 Å². The van der Waals surface area contributed by atoms with Crippen molar-refractivity contribution >= 4 is 17.0 Å². The van der Waals surface area contributed by atoms with E-state index in [4.69, 9.17) is 9.47 Å². The predicted molar refractivity (Wildman–Crippen MR) is 133 cm³/mol. The lowest BCUT2D eigenvalue weighted by Crippen LogP contribution is -2.33. The number of carbonyl (C=O) groups excluding carboxylic acids is 1. The number of hydrogen-bond donors (Lipinski definition) is 2. The van der Waals surface area contributed by atoms with Crippen LogP contribution < -0.4 is 20.1 Å². The Bertz CT molecular complexity index is 1260. The lowest BCUT2D eigenvalue weighted by Gasteiger charge is -2.14. The number of halogens is 1. The van der Waals surface area contributed by atoms with Gasteiger partial charge in [0, 0.05) is 37.6 Å². The zero-order valence-electron chi connectivity index (χ0n) is 19.8. The molecule has 0 aliphatic heterocycles. The second-order valence-electron chi connectivity index (χ2n) is 8.61. The molecule has 35 heavy (non-hydrogen) atoms. The highest BCUT2D eigenvalue weighted by Crippen LogP contribution is 2.36. The average Bonchev–Trinajstić information content (AvgIpc) is 3.22. The van der Waals surface area contributed by atoms with Gasteiger partial charge < -0.3 is 20.1 Å². The molecule has 0 saturated carbocycles. The standard InChI is InChI=1S/C27H29FN4O3/c1-19(2)18-32-24-15-26(35-27(33)30-13-12-29-16-20-6-4-3-5-7-20)25(14-21(24)17-31-32)34-23-10-8-22(28)9-11-23/h3-11,14-15,17,19,29H,12-13,16,18H2,1-2H3,(H,30,33). The Balaban J connectivity index is 1.45. The van der Waals surface area contributed by atoms with Crippen molar-refractivity contribution in [3.8, 4) is 17.2 Å². The number of nitrogens with zero attached hydrogens (tertiary/aromatic N) is 2. The Hall–Kier alpha value is -3.91. The molecule has 0 spiro atoms. The maximum absolute atomic E-state index is 13.3. The molecule has 2 N–H and O–H groups in total. The van der Waals surface area contributed by atoms with Crippen molar-refractivity contribution in [1.82, 2.24) is 20.4 Å². The summed E-state index contributed by atoms with van der Waals surface area (Å²) in [6.07, 6.45) is 1.15. The van der Waals surface area contributed by atoms with Gasteiger partial charge in [0.1, 0.15) is 11.6 Å². The predicted octanol–water partition coefficient (Wildman–Crippen LogP) is 5.50. The molecule has 0 atom stereocenters. The van der Waals surface area contributed by atoms with Gasteiger partial charge in [-0.15, -0.1) is 0 Å². The highest BCUT2D eigenvalue weighted by molar-refractivity contribution is 5.84. The fourth-order valence-electron chi connectivity index (χ4n) is 3.58. The van der Waals surface area contributed by atoms with Crippen molar-refractivity contribution in [2.24, 2.45) is 5.92 Å². The number of aromatic nitrogens is 2. The van der Waals surface area contributed by atoms with Crippen LogP contribution in [-0.2, 0) is 13.1 Å². The third-order valence-electron chi connectivity index (χ3n) is 5.23. The molecular formula is C27H29FN4O3. The van der Waals surface area contributed by atoms with Gasteiger partial charge in [0.25, 0.3) is 0 Å². The first-order valence-corrected chi connectivity index (χ1v) is 11.6. The van der Waals surface area contributed by atoms with Crippen molar-refractivity contribution in [3.05, 3.63) is 84.3 Å². The van der Waals surface area contributed by atoms with Crippen molar-refractivity contribution in [3.63, 3.8) is 0 Å². The van der Waals surface area contributed by atoms with Crippen LogP contribution in [0.1, 0.15) is 19.4 Å². The largest absolute Gasteiger partial charge is 0.453 e. The number of rotatable bonds is 10. The van der Waals surface area contributed by atoms with Gasteiger partial charge in [-0.05, 0) is 41.8 Å². The molecule has 3 aromatic carbocycles. The van der Waals surface area contributed by atoms with Crippen LogP contribution in [0.3, 0.4) is 0 Å². The van der Waals surface area contributed by atoms with E-state index in [2.05, 4.69) is 29.6 Å². The minimum absolute atomic E-state index is 0.252. The quantitative estimate of drug-likeness (QED) is 0.296. The van der Waals surface area contributed by atoms with Crippen LogP contribution in [0.25, 0.3) is 10.9 Å². The first-order valence-electron chi connectivity index (χ1n) is 11.6. The van der Waals surface area contributed by atoms with Gasteiger partial charge in [0.15, 0.2) is 11.5 Å². The summed E-state index contributed by atoms with van der Waals surface area (Å²) < 4.78 is 26.7. The Labute approximate surface area is 203 Å². The van der Waals surface area contributed by atoms with Gasteiger partial charge in [-0.25, -0.2) is 9.18 Å². The molecule has 0 bridgehead atoms. The molecular weight excluding hydrogens is 447 g/mol. The lowest BCUT2D eigenvalue weighted by molar-refractivity contribution is 0.199. The van der Waals surface area contributed by atoms with Crippen LogP contribution in [0.5, 0.6) is 17.2 Å². The van der Waals surface area contributed by atoms with E-state index in [1.807, 2.05) is 35.0 Å². The number of carbonyl (C=O) groups is 1. The SMILES string of the molecule is CC(C)Cn1ncc2cc(Oc3ccc(F)cc3)c(OC(=O)NCCNCc3ccccc3)cc21. The van der Waals surface area contributed by atoms with Crippen molar-refractivity contribution in [2.75, 3.05) is 13.1 Å². The van der Waals surface area contributed by atoms with Crippen molar-refractivity contribution in [2.45, 2.75) is 26.9 Å². The molecule has 7 nitrogen and oxygen atoms in total. The fourth-order valence-corrected chi connectivity index (χ4v) is 3.58. The zero-order chi connectivity index (χ0) is 24.6. The van der Waals surface area contributed by atoms with Crippen LogP contribution in [0.15, 0.2) is 72.9 Å². The molecule has 0 unspecified atom stereocenters. The summed E-state index contributed by atoms with van der Waals surface area (Å²) in [6.45, 7) is 6.63. The van der Waals surface area contributed by atoms with Crippen molar-refractivity contribution < 1.29 is 18.7 Å². The molecule has 1 aromatic heterocycles. The summed E-state index contributed by atoms with van der Waals surface area (Å²) in [5, 5.41) is 11.3. The molecule has 0 radical (unpaired) electrons. The summed E-state index contributed by atoms with van der Waals surface area (Å²) in [7, 11) is 0. The summed E-state index contributed by atoms with van der Waals surface area (Å²) in [4.78, 5) is 12.5. The van der Waals surface area contributed by atoms with E-state index in [1.165, 1.54) is 29.8 Å². The Morgan fingerprint density at radius 3 is 2.54 bits per heavy atom. The second-order valence-corrected chi connectivity index (χ2v) is 8.61. The number of benzene rings is 3. The van der Waals surface area contributed by atoms with Gasteiger partial charge in [-0.2, -0.15) is 5.10 Å². The van der Waals surface area contributed by atoms with E-state index in [-0.39, 0.29) is 11.6 Å². The first-order chi connectivity index (χ1) is 17.0. The minimum atomic E-state index is -0.593.